The summed E-state index contributed by atoms with van der Waals surface area (Å²) in [5, 5.41) is 8.61. The minimum atomic E-state index is -0.711. The number of para-hydroxylation sites is 1. The SMILES string of the molecule is CCOC(=O)C1=NN(c2ccccc2)C(C(=O)Nc2ccc(C(N)=O)cc2)C1. The van der Waals surface area contributed by atoms with E-state index in [4.69, 9.17) is 10.5 Å². The van der Waals surface area contributed by atoms with Crippen LogP contribution in [0.15, 0.2) is 59.7 Å². The van der Waals surface area contributed by atoms with Crippen LogP contribution in [0.1, 0.15) is 23.7 Å². The fourth-order valence-electron chi connectivity index (χ4n) is 2.81. The van der Waals surface area contributed by atoms with Gasteiger partial charge in [-0.1, -0.05) is 18.2 Å². The molecule has 1 unspecified atom stereocenters. The predicted octanol–water partition coefficient (Wildman–Crippen LogP) is 1.92. The monoisotopic (exact) mass is 380 g/mol. The number of anilines is 2. The summed E-state index contributed by atoms with van der Waals surface area (Å²) in [4.78, 5) is 36.1. The number of hydrogen-bond donors (Lipinski definition) is 2. The Balaban J connectivity index is 1.80. The Morgan fingerprint density at radius 3 is 2.43 bits per heavy atom. The Bertz CT molecular complexity index is 910. The van der Waals surface area contributed by atoms with Crippen molar-refractivity contribution in [2.24, 2.45) is 10.8 Å². The quantitative estimate of drug-likeness (QED) is 0.743. The van der Waals surface area contributed by atoms with Crippen LogP contribution in [-0.4, -0.2) is 36.1 Å². The van der Waals surface area contributed by atoms with Crippen LogP contribution in [0.3, 0.4) is 0 Å². The van der Waals surface area contributed by atoms with Gasteiger partial charge in [-0.3, -0.25) is 14.6 Å². The Labute approximate surface area is 162 Å². The van der Waals surface area contributed by atoms with Gasteiger partial charge in [-0.15, -0.1) is 0 Å². The first-order valence-electron chi connectivity index (χ1n) is 8.79. The third kappa shape index (κ3) is 4.17. The van der Waals surface area contributed by atoms with Gasteiger partial charge in [-0.05, 0) is 43.3 Å². The normalized spacial score (nSPS) is 15.7. The van der Waals surface area contributed by atoms with E-state index in [2.05, 4.69) is 10.4 Å². The average molecular weight is 380 g/mol. The van der Waals surface area contributed by atoms with Crippen LogP contribution in [-0.2, 0) is 14.3 Å². The van der Waals surface area contributed by atoms with Gasteiger partial charge in [0.05, 0.1) is 12.3 Å². The van der Waals surface area contributed by atoms with Crippen molar-refractivity contribution in [2.45, 2.75) is 19.4 Å². The number of nitrogens with zero attached hydrogens (tertiary/aromatic N) is 2. The number of ether oxygens (including phenoxy) is 1. The van der Waals surface area contributed by atoms with E-state index in [1.807, 2.05) is 18.2 Å². The smallest absolute Gasteiger partial charge is 0.354 e. The van der Waals surface area contributed by atoms with Crippen LogP contribution in [0.2, 0.25) is 0 Å². The first kappa shape index (κ1) is 19.1. The maximum atomic E-state index is 12.9. The highest BCUT2D eigenvalue weighted by Crippen LogP contribution is 2.26. The fourth-order valence-corrected chi connectivity index (χ4v) is 2.81. The number of nitrogens with two attached hydrogens (primary N) is 1. The van der Waals surface area contributed by atoms with Gasteiger partial charge in [-0.2, -0.15) is 5.10 Å². The second-order valence-corrected chi connectivity index (χ2v) is 6.10. The number of rotatable bonds is 6. The molecule has 0 saturated carbocycles. The molecule has 0 fully saturated rings. The molecule has 2 aromatic carbocycles. The lowest BCUT2D eigenvalue weighted by molar-refractivity contribution is -0.135. The minimum Gasteiger partial charge on any atom is -0.461 e. The summed E-state index contributed by atoms with van der Waals surface area (Å²) in [5.74, 6) is -1.42. The molecule has 0 spiro atoms. The molecule has 0 bridgehead atoms. The second kappa shape index (κ2) is 8.34. The van der Waals surface area contributed by atoms with E-state index >= 15 is 0 Å². The fraction of sp³-hybridized carbons (Fsp3) is 0.200. The molecule has 2 aromatic rings. The van der Waals surface area contributed by atoms with Gasteiger partial charge in [0.2, 0.25) is 11.8 Å². The van der Waals surface area contributed by atoms with Crippen molar-refractivity contribution in [3.8, 4) is 0 Å². The zero-order valence-corrected chi connectivity index (χ0v) is 15.3. The molecule has 2 amide bonds. The number of carbonyl (C=O) groups excluding carboxylic acids is 3. The topological polar surface area (TPSA) is 114 Å². The van der Waals surface area contributed by atoms with Crippen LogP contribution in [0, 0.1) is 0 Å². The van der Waals surface area contributed by atoms with Crippen molar-refractivity contribution in [3.63, 3.8) is 0 Å². The summed E-state index contributed by atoms with van der Waals surface area (Å²) in [6.45, 7) is 1.94. The molecule has 1 atom stereocenters. The Hall–Kier alpha value is -3.68. The van der Waals surface area contributed by atoms with Crippen molar-refractivity contribution < 1.29 is 19.1 Å². The van der Waals surface area contributed by atoms with E-state index < -0.39 is 17.9 Å². The Morgan fingerprint density at radius 2 is 1.82 bits per heavy atom. The zero-order valence-electron chi connectivity index (χ0n) is 15.3. The van der Waals surface area contributed by atoms with Crippen molar-refractivity contribution in [3.05, 3.63) is 60.2 Å². The number of amides is 2. The molecule has 8 heteroatoms. The van der Waals surface area contributed by atoms with Crippen molar-refractivity contribution in [1.82, 2.24) is 0 Å². The molecule has 0 saturated heterocycles. The number of hydrogen-bond acceptors (Lipinski definition) is 6. The van der Waals surface area contributed by atoms with Crippen molar-refractivity contribution in [2.75, 3.05) is 16.9 Å². The molecule has 0 radical (unpaired) electrons. The van der Waals surface area contributed by atoms with Crippen LogP contribution in [0.5, 0.6) is 0 Å². The number of benzene rings is 2. The Kier molecular flexibility index (Phi) is 5.69. The molecule has 1 heterocycles. The van der Waals surface area contributed by atoms with E-state index in [9.17, 15) is 14.4 Å². The molecule has 3 rings (SSSR count). The Morgan fingerprint density at radius 1 is 1.14 bits per heavy atom. The summed E-state index contributed by atoms with van der Waals surface area (Å²) >= 11 is 0. The lowest BCUT2D eigenvalue weighted by Crippen LogP contribution is -2.38. The first-order valence-corrected chi connectivity index (χ1v) is 8.79. The third-order valence-corrected chi connectivity index (χ3v) is 4.18. The maximum absolute atomic E-state index is 12.9. The second-order valence-electron chi connectivity index (χ2n) is 6.10. The molecular formula is C20H20N4O4. The minimum absolute atomic E-state index is 0.124. The lowest BCUT2D eigenvalue weighted by atomic mass is 10.1. The number of primary amides is 1. The van der Waals surface area contributed by atoms with E-state index in [-0.39, 0.29) is 24.6 Å². The molecule has 144 valence electrons. The molecule has 0 aromatic heterocycles. The van der Waals surface area contributed by atoms with Crippen LogP contribution < -0.4 is 16.1 Å². The van der Waals surface area contributed by atoms with Crippen LogP contribution in [0.25, 0.3) is 0 Å². The summed E-state index contributed by atoms with van der Waals surface area (Å²) in [6.07, 6.45) is 0.124. The van der Waals surface area contributed by atoms with Gasteiger partial charge in [-0.25, -0.2) is 4.79 Å². The highest BCUT2D eigenvalue weighted by atomic mass is 16.5. The molecule has 1 aliphatic heterocycles. The van der Waals surface area contributed by atoms with E-state index in [0.29, 0.717) is 16.9 Å². The van der Waals surface area contributed by atoms with Gasteiger partial charge in [0.1, 0.15) is 11.8 Å². The molecule has 0 aliphatic carbocycles. The average Bonchev–Trinajstić information content (AvgIpc) is 3.15. The van der Waals surface area contributed by atoms with E-state index in [0.717, 1.165) is 0 Å². The number of hydrazone groups is 1. The molecule has 8 nitrogen and oxygen atoms in total. The highest BCUT2D eigenvalue weighted by molar-refractivity contribution is 6.38. The van der Waals surface area contributed by atoms with Gasteiger partial charge >= 0.3 is 5.97 Å². The van der Waals surface area contributed by atoms with E-state index in [1.54, 1.807) is 31.2 Å². The summed E-state index contributed by atoms with van der Waals surface area (Å²) < 4.78 is 5.02. The number of nitrogens with one attached hydrogen (secondary N) is 1. The molecular weight excluding hydrogens is 360 g/mol. The highest BCUT2D eigenvalue weighted by Gasteiger charge is 2.36. The largest absolute Gasteiger partial charge is 0.461 e. The number of esters is 1. The van der Waals surface area contributed by atoms with Crippen LogP contribution in [0.4, 0.5) is 11.4 Å². The van der Waals surface area contributed by atoms with Gasteiger partial charge in [0.15, 0.2) is 0 Å². The van der Waals surface area contributed by atoms with Gasteiger partial charge < -0.3 is 15.8 Å². The molecule has 1 aliphatic rings. The third-order valence-electron chi connectivity index (χ3n) is 4.18. The number of carbonyl (C=O) groups is 3. The molecule has 28 heavy (non-hydrogen) atoms. The van der Waals surface area contributed by atoms with Crippen LogP contribution >= 0.6 is 0 Å². The maximum Gasteiger partial charge on any atom is 0.354 e. The van der Waals surface area contributed by atoms with Crippen molar-refractivity contribution >= 4 is 34.9 Å². The summed E-state index contributed by atoms with van der Waals surface area (Å²) in [5.41, 5.74) is 6.95. The zero-order chi connectivity index (χ0) is 20.1. The van der Waals surface area contributed by atoms with Gasteiger partial charge in [0, 0.05) is 17.7 Å². The summed E-state index contributed by atoms with van der Waals surface area (Å²) in [6, 6.07) is 14.6. The molecule has 3 N–H and O–H groups in total. The van der Waals surface area contributed by atoms with Crippen molar-refractivity contribution in [1.29, 1.82) is 0 Å². The van der Waals surface area contributed by atoms with E-state index in [1.165, 1.54) is 17.1 Å². The van der Waals surface area contributed by atoms with Gasteiger partial charge in [0.25, 0.3) is 0 Å². The predicted molar refractivity (Wildman–Crippen MR) is 105 cm³/mol. The first-order chi connectivity index (χ1) is 13.5. The standard InChI is InChI=1S/C20H20N4O4/c1-2-28-20(27)16-12-17(24(23-16)15-6-4-3-5-7-15)19(26)22-14-10-8-13(9-11-14)18(21)25/h3-11,17H,2,12H2,1H3,(H2,21,25)(H,22,26). The summed E-state index contributed by atoms with van der Waals surface area (Å²) in [7, 11) is 0. The lowest BCUT2D eigenvalue weighted by Gasteiger charge is -2.22.